The molecule has 1 aliphatic rings. The summed E-state index contributed by atoms with van der Waals surface area (Å²) in [5.74, 6) is 0.0811. The number of hydrogen-bond donors (Lipinski definition) is 4. The molecule has 9 heteroatoms. The highest BCUT2D eigenvalue weighted by molar-refractivity contribution is 6.30. The van der Waals surface area contributed by atoms with Gasteiger partial charge in [-0.05, 0) is 49.4 Å². The number of urea groups is 1. The second-order valence-corrected chi connectivity index (χ2v) is 10.3. The highest BCUT2D eigenvalue weighted by Crippen LogP contribution is 2.34. The average Bonchev–Trinajstić information content (AvgIpc) is 2.79. The Balaban J connectivity index is 2.08. The maximum atomic E-state index is 13.2. The lowest BCUT2D eigenvalue weighted by Gasteiger charge is -2.38. The number of likely N-dealkylation sites (tertiary alicyclic amines) is 1. The Morgan fingerprint density at radius 2 is 2.12 bits per heavy atom. The molecular formula is C25H41ClN4O4. The molecule has 8 nitrogen and oxygen atoms in total. The smallest absolute Gasteiger partial charge is 0.404 e. The van der Waals surface area contributed by atoms with Crippen LogP contribution in [0.15, 0.2) is 24.3 Å². The molecule has 0 bridgehead atoms. The number of nitrogens with one attached hydrogen (secondary N) is 3. The normalized spacial score (nSPS) is 18.3. The van der Waals surface area contributed by atoms with Crippen molar-refractivity contribution in [3.05, 3.63) is 34.9 Å². The van der Waals surface area contributed by atoms with Crippen molar-refractivity contribution in [2.24, 2.45) is 11.3 Å². The van der Waals surface area contributed by atoms with Crippen molar-refractivity contribution in [1.82, 2.24) is 20.9 Å². The molecule has 0 saturated carbocycles. The van der Waals surface area contributed by atoms with E-state index in [4.69, 9.17) is 21.4 Å². The minimum Gasteiger partial charge on any atom is -0.465 e. The first-order valence-corrected chi connectivity index (χ1v) is 12.6. The topological polar surface area (TPSA) is 103 Å². The summed E-state index contributed by atoms with van der Waals surface area (Å²) in [5, 5.41) is 18.2. The summed E-state index contributed by atoms with van der Waals surface area (Å²) in [6.45, 7) is 9.06. The van der Waals surface area contributed by atoms with Crippen LogP contribution in [0.3, 0.4) is 0 Å². The highest BCUT2D eigenvalue weighted by atomic mass is 35.5. The molecule has 192 valence electrons. The zero-order chi connectivity index (χ0) is 25.1. The van der Waals surface area contributed by atoms with E-state index in [1.165, 1.54) is 0 Å². The van der Waals surface area contributed by atoms with Gasteiger partial charge in [0.15, 0.2) is 0 Å². The number of likely N-dealkylation sites (N-methyl/N-ethyl adjacent to an activating group) is 1. The fourth-order valence-corrected chi connectivity index (χ4v) is 4.67. The number of carboxylic acid groups (broad SMARTS) is 1. The number of ether oxygens (including phenoxy) is 1. The van der Waals surface area contributed by atoms with Crippen molar-refractivity contribution in [2.45, 2.75) is 58.6 Å². The summed E-state index contributed by atoms with van der Waals surface area (Å²) in [4.78, 5) is 25.9. The van der Waals surface area contributed by atoms with Crippen molar-refractivity contribution < 1.29 is 19.4 Å². The Morgan fingerprint density at radius 1 is 1.35 bits per heavy atom. The maximum absolute atomic E-state index is 13.2. The summed E-state index contributed by atoms with van der Waals surface area (Å²) in [6, 6.07) is 7.55. The molecule has 0 aliphatic carbocycles. The summed E-state index contributed by atoms with van der Waals surface area (Å²) in [7, 11) is 1.90. The Labute approximate surface area is 208 Å². The molecule has 1 fully saturated rings. The van der Waals surface area contributed by atoms with Crippen molar-refractivity contribution in [3.8, 4) is 0 Å². The number of hydrogen-bond acceptors (Lipinski definition) is 4. The van der Waals surface area contributed by atoms with E-state index in [0.29, 0.717) is 18.1 Å². The van der Waals surface area contributed by atoms with E-state index in [2.05, 4.69) is 36.7 Å². The third kappa shape index (κ3) is 9.31. The molecule has 1 aromatic rings. The Morgan fingerprint density at radius 3 is 2.76 bits per heavy atom. The van der Waals surface area contributed by atoms with Gasteiger partial charge >= 0.3 is 12.1 Å². The third-order valence-corrected chi connectivity index (χ3v) is 6.80. The van der Waals surface area contributed by atoms with Crippen molar-refractivity contribution in [2.75, 3.05) is 39.8 Å². The maximum Gasteiger partial charge on any atom is 0.404 e. The minimum absolute atomic E-state index is 0.0470. The molecule has 3 atom stereocenters. The zero-order valence-corrected chi connectivity index (χ0v) is 21.7. The van der Waals surface area contributed by atoms with Gasteiger partial charge in [-0.15, -0.1) is 0 Å². The molecule has 0 spiro atoms. The SMILES string of the molecule is CCC(C)(C)CC(CNC)NC(=O)N1CCCC(C(OCCNC(=O)O)c2cccc(Cl)c2)C1. The summed E-state index contributed by atoms with van der Waals surface area (Å²) in [6.07, 6.45) is 2.38. The fraction of sp³-hybridized carbons (Fsp3) is 0.680. The number of carbonyl (C=O) groups excluding carboxylic acids is 1. The number of halogens is 1. The number of piperidine rings is 1. The Bertz CT molecular complexity index is 792. The van der Waals surface area contributed by atoms with E-state index < -0.39 is 6.09 Å². The first kappa shape index (κ1) is 28.2. The highest BCUT2D eigenvalue weighted by Gasteiger charge is 2.32. The molecular weight excluding hydrogens is 456 g/mol. The van der Waals surface area contributed by atoms with E-state index >= 15 is 0 Å². The lowest BCUT2D eigenvalue weighted by Crippen LogP contribution is -2.52. The van der Waals surface area contributed by atoms with E-state index in [0.717, 1.165) is 37.8 Å². The summed E-state index contributed by atoms with van der Waals surface area (Å²) < 4.78 is 6.15. The van der Waals surface area contributed by atoms with Crippen LogP contribution in [0.25, 0.3) is 0 Å². The van der Waals surface area contributed by atoms with Crippen LogP contribution < -0.4 is 16.0 Å². The van der Waals surface area contributed by atoms with Crippen LogP contribution >= 0.6 is 11.6 Å². The number of benzene rings is 1. The van der Waals surface area contributed by atoms with Crippen LogP contribution in [0.1, 0.15) is 58.1 Å². The standard InChI is InChI=1S/C25H41ClN4O4/c1-5-25(2,3)15-21(16-27-4)29-23(31)30-12-7-9-19(17-30)22(34-13-11-28-24(32)33)18-8-6-10-20(26)14-18/h6,8,10,14,19,21-22,27-28H,5,7,9,11-13,15-17H2,1-4H3,(H,29,31)(H,32,33). The molecule has 4 N–H and O–H groups in total. The van der Waals surface area contributed by atoms with Gasteiger partial charge in [0.25, 0.3) is 0 Å². The van der Waals surface area contributed by atoms with E-state index in [9.17, 15) is 9.59 Å². The van der Waals surface area contributed by atoms with Gasteiger partial charge in [0.05, 0.1) is 12.7 Å². The van der Waals surface area contributed by atoms with E-state index in [-0.39, 0.29) is 42.7 Å². The van der Waals surface area contributed by atoms with Crippen LogP contribution in [0.2, 0.25) is 5.02 Å². The number of nitrogens with zero attached hydrogens (tertiary/aromatic N) is 1. The van der Waals surface area contributed by atoms with Crippen LogP contribution in [-0.2, 0) is 4.74 Å². The Kier molecular flexibility index (Phi) is 11.4. The predicted molar refractivity (Wildman–Crippen MR) is 135 cm³/mol. The predicted octanol–water partition coefficient (Wildman–Crippen LogP) is 4.50. The van der Waals surface area contributed by atoms with E-state index in [1.54, 1.807) is 0 Å². The lowest BCUT2D eigenvalue weighted by molar-refractivity contribution is -0.00853. The van der Waals surface area contributed by atoms with Crippen molar-refractivity contribution in [3.63, 3.8) is 0 Å². The number of carbonyl (C=O) groups is 2. The van der Waals surface area contributed by atoms with Crippen LogP contribution in [0.4, 0.5) is 9.59 Å². The van der Waals surface area contributed by atoms with E-state index in [1.807, 2.05) is 36.2 Å². The second kappa shape index (κ2) is 13.8. The van der Waals surface area contributed by atoms with Gasteiger partial charge in [0.2, 0.25) is 0 Å². The lowest BCUT2D eigenvalue weighted by atomic mass is 9.83. The van der Waals surface area contributed by atoms with Crippen molar-refractivity contribution in [1.29, 1.82) is 0 Å². The van der Waals surface area contributed by atoms with Gasteiger partial charge in [0, 0.05) is 43.2 Å². The van der Waals surface area contributed by atoms with Gasteiger partial charge < -0.3 is 30.7 Å². The molecule has 0 radical (unpaired) electrons. The first-order valence-electron chi connectivity index (χ1n) is 12.2. The van der Waals surface area contributed by atoms with Crippen molar-refractivity contribution >= 4 is 23.7 Å². The van der Waals surface area contributed by atoms with Gasteiger partial charge in [-0.3, -0.25) is 0 Å². The molecule has 1 aliphatic heterocycles. The van der Waals surface area contributed by atoms with Gasteiger partial charge in [-0.1, -0.05) is 50.9 Å². The molecule has 34 heavy (non-hydrogen) atoms. The molecule has 1 saturated heterocycles. The van der Waals surface area contributed by atoms with Gasteiger partial charge in [0.1, 0.15) is 0 Å². The van der Waals surface area contributed by atoms with Gasteiger partial charge in [-0.25, -0.2) is 9.59 Å². The molecule has 3 amide bonds. The third-order valence-electron chi connectivity index (χ3n) is 6.56. The molecule has 2 rings (SSSR count). The first-order chi connectivity index (χ1) is 16.1. The summed E-state index contributed by atoms with van der Waals surface area (Å²) >= 11 is 6.24. The molecule has 1 heterocycles. The van der Waals surface area contributed by atoms with Crippen LogP contribution in [0, 0.1) is 11.3 Å². The number of rotatable bonds is 12. The van der Waals surface area contributed by atoms with Crippen LogP contribution in [0.5, 0.6) is 0 Å². The fourth-order valence-electron chi connectivity index (χ4n) is 4.47. The monoisotopic (exact) mass is 496 g/mol. The quantitative estimate of drug-likeness (QED) is 0.319. The average molecular weight is 497 g/mol. The summed E-state index contributed by atoms with van der Waals surface area (Å²) in [5.41, 5.74) is 1.09. The van der Waals surface area contributed by atoms with Gasteiger partial charge in [-0.2, -0.15) is 0 Å². The minimum atomic E-state index is -1.08. The number of amides is 3. The van der Waals surface area contributed by atoms with Crippen LogP contribution in [-0.4, -0.2) is 68.0 Å². The molecule has 0 aromatic heterocycles. The molecule has 3 unspecified atom stereocenters. The second-order valence-electron chi connectivity index (χ2n) is 9.85. The molecule has 1 aromatic carbocycles. The Hall–Kier alpha value is -2.03. The largest absolute Gasteiger partial charge is 0.465 e. The zero-order valence-electron chi connectivity index (χ0n) is 20.9.